The van der Waals surface area contributed by atoms with Crippen LogP contribution in [0.4, 0.5) is 5.69 Å². The fourth-order valence-electron chi connectivity index (χ4n) is 5.74. The molecular weight excluding hydrogens is 366 g/mol. The third kappa shape index (κ3) is 1.89. The number of fused-ring (bicyclic) bond motifs is 5. The second-order valence-corrected chi connectivity index (χ2v) is 8.50. The molecule has 3 fully saturated rings. The van der Waals surface area contributed by atoms with E-state index in [4.69, 9.17) is 0 Å². The number of nitrogens with zero attached hydrogens (tertiary/aromatic N) is 1. The Morgan fingerprint density at radius 1 is 0.833 bits per heavy atom. The molecule has 2 saturated carbocycles. The monoisotopic (exact) mass is 385 g/mol. The molecule has 4 heteroatoms. The lowest BCUT2D eigenvalue weighted by atomic mass is 9.66. The van der Waals surface area contributed by atoms with Crippen molar-refractivity contribution >= 4 is 33.4 Å². The van der Waals surface area contributed by atoms with Crippen LogP contribution in [0.2, 0.25) is 0 Å². The van der Waals surface area contributed by atoms with Gasteiger partial charge < -0.3 is 0 Å². The van der Waals surface area contributed by atoms with E-state index in [1.807, 2.05) is 24.3 Å². The molecule has 4 atom stereocenters. The van der Waals surface area contributed by atoms with Gasteiger partial charge in [0.25, 0.3) is 0 Å². The average molecular weight is 386 g/mol. The molecule has 24 heavy (non-hydrogen) atoms. The lowest BCUT2D eigenvalue weighted by molar-refractivity contribution is -0.122. The Kier molecular flexibility index (Phi) is 3.28. The Balaban J connectivity index is 1.60. The fraction of sp³-hybridized carbons (Fsp3) is 0.500. The molecule has 4 unspecified atom stereocenters. The molecule has 124 valence electrons. The Hall–Kier alpha value is -1.42. The number of allylic oxidation sites excluding steroid dienone is 2. The van der Waals surface area contributed by atoms with E-state index in [0.717, 1.165) is 35.8 Å². The van der Waals surface area contributed by atoms with Crippen molar-refractivity contribution in [1.29, 1.82) is 0 Å². The SMILES string of the molecule is O=C1C2C3CCCC3=C3CCCC3C2C(=O)N1c1ccc(Br)cc1. The minimum absolute atomic E-state index is 0.0441. The molecule has 1 heterocycles. The highest BCUT2D eigenvalue weighted by atomic mass is 79.9. The van der Waals surface area contributed by atoms with Crippen LogP contribution in [0.25, 0.3) is 0 Å². The van der Waals surface area contributed by atoms with Crippen molar-refractivity contribution in [2.75, 3.05) is 4.90 Å². The second kappa shape index (κ2) is 5.29. The van der Waals surface area contributed by atoms with Crippen molar-refractivity contribution in [2.45, 2.75) is 38.5 Å². The Labute approximate surface area is 150 Å². The van der Waals surface area contributed by atoms with Gasteiger partial charge in [0, 0.05) is 4.47 Å². The van der Waals surface area contributed by atoms with Crippen molar-refractivity contribution in [3.05, 3.63) is 39.9 Å². The first-order chi connectivity index (χ1) is 11.7. The average Bonchev–Trinajstić information content (AvgIpc) is 3.27. The Morgan fingerprint density at radius 2 is 1.33 bits per heavy atom. The second-order valence-electron chi connectivity index (χ2n) is 7.59. The highest BCUT2D eigenvalue weighted by Gasteiger charge is 2.59. The number of carbonyl (C=O) groups is 2. The number of hydrogen-bond donors (Lipinski definition) is 0. The topological polar surface area (TPSA) is 37.4 Å². The molecule has 1 aromatic rings. The van der Waals surface area contributed by atoms with Crippen LogP contribution in [0.5, 0.6) is 0 Å². The van der Waals surface area contributed by atoms with Crippen LogP contribution in [0.3, 0.4) is 0 Å². The van der Waals surface area contributed by atoms with E-state index in [1.165, 1.54) is 17.7 Å². The van der Waals surface area contributed by atoms with Gasteiger partial charge in [-0.1, -0.05) is 27.1 Å². The van der Waals surface area contributed by atoms with Crippen LogP contribution in [-0.2, 0) is 9.59 Å². The molecule has 0 radical (unpaired) electrons. The highest BCUT2D eigenvalue weighted by molar-refractivity contribution is 9.10. The van der Waals surface area contributed by atoms with E-state index in [9.17, 15) is 9.59 Å². The quantitative estimate of drug-likeness (QED) is 0.528. The van der Waals surface area contributed by atoms with Crippen LogP contribution < -0.4 is 4.90 Å². The lowest BCUT2D eigenvalue weighted by Crippen LogP contribution is -2.35. The zero-order valence-electron chi connectivity index (χ0n) is 13.5. The summed E-state index contributed by atoms with van der Waals surface area (Å²) in [5.74, 6) is 0.536. The van der Waals surface area contributed by atoms with E-state index in [2.05, 4.69) is 15.9 Å². The maximum Gasteiger partial charge on any atom is 0.238 e. The van der Waals surface area contributed by atoms with Crippen LogP contribution in [0.15, 0.2) is 39.9 Å². The molecule has 2 amide bonds. The molecule has 5 rings (SSSR count). The fourth-order valence-corrected chi connectivity index (χ4v) is 6.00. The normalized spacial score (nSPS) is 34.6. The zero-order chi connectivity index (χ0) is 16.4. The third-order valence-electron chi connectivity index (χ3n) is 6.58. The molecular formula is C20H20BrNO2. The summed E-state index contributed by atoms with van der Waals surface area (Å²) in [5.41, 5.74) is 3.83. The maximum absolute atomic E-state index is 13.2. The van der Waals surface area contributed by atoms with Gasteiger partial charge >= 0.3 is 0 Å². The van der Waals surface area contributed by atoms with Gasteiger partial charge in [-0.25, -0.2) is 0 Å². The number of rotatable bonds is 1. The van der Waals surface area contributed by atoms with E-state index in [-0.39, 0.29) is 23.7 Å². The van der Waals surface area contributed by atoms with E-state index >= 15 is 0 Å². The minimum atomic E-state index is -0.106. The largest absolute Gasteiger partial charge is 0.274 e. The Bertz CT molecular complexity index is 724. The summed E-state index contributed by atoms with van der Waals surface area (Å²) in [4.78, 5) is 28.0. The van der Waals surface area contributed by atoms with Crippen molar-refractivity contribution in [1.82, 2.24) is 0 Å². The predicted octanol–water partition coefficient (Wildman–Crippen LogP) is 4.47. The molecule has 3 nitrogen and oxygen atoms in total. The zero-order valence-corrected chi connectivity index (χ0v) is 15.1. The van der Waals surface area contributed by atoms with Crippen molar-refractivity contribution in [2.24, 2.45) is 23.7 Å². The van der Waals surface area contributed by atoms with Crippen LogP contribution >= 0.6 is 15.9 Å². The number of hydrogen-bond acceptors (Lipinski definition) is 2. The number of amides is 2. The van der Waals surface area contributed by atoms with Crippen molar-refractivity contribution in [3.8, 4) is 0 Å². The van der Waals surface area contributed by atoms with E-state index in [1.54, 1.807) is 11.1 Å². The van der Waals surface area contributed by atoms with Gasteiger partial charge in [-0.2, -0.15) is 0 Å². The summed E-state index contributed by atoms with van der Waals surface area (Å²) in [6, 6.07) is 7.54. The lowest BCUT2D eigenvalue weighted by Gasteiger charge is -2.34. The molecule has 0 bridgehead atoms. The Morgan fingerprint density at radius 3 is 1.83 bits per heavy atom. The summed E-state index contributed by atoms with van der Waals surface area (Å²) >= 11 is 3.42. The minimum Gasteiger partial charge on any atom is -0.274 e. The van der Waals surface area contributed by atoms with Crippen molar-refractivity contribution in [3.63, 3.8) is 0 Å². The van der Waals surface area contributed by atoms with Gasteiger partial charge in [-0.15, -0.1) is 0 Å². The molecule has 1 aliphatic heterocycles. The molecule has 3 aliphatic carbocycles. The molecule has 0 aromatic heterocycles. The number of benzene rings is 1. The highest BCUT2D eigenvalue weighted by Crippen LogP contribution is 2.57. The number of carbonyl (C=O) groups excluding carboxylic acids is 2. The molecule has 0 N–H and O–H groups in total. The van der Waals surface area contributed by atoms with Gasteiger partial charge in [0.1, 0.15) is 0 Å². The smallest absolute Gasteiger partial charge is 0.238 e. The van der Waals surface area contributed by atoms with Crippen molar-refractivity contribution < 1.29 is 9.59 Å². The maximum atomic E-state index is 13.2. The van der Waals surface area contributed by atoms with Gasteiger partial charge in [0.2, 0.25) is 11.8 Å². The molecule has 1 saturated heterocycles. The predicted molar refractivity (Wildman–Crippen MR) is 95.3 cm³/mol. The molecule has 4 aliphatic rings. The number of anilines is 1. The van der Waals surface area contributed by atoms with Gasteiger partial charge in [0.05, 0.1) is 17.5 Å². The standard InChI is InChI=1S/C20H20BrNO2/c21-11-7-9-12(10-8-11)22-19(23)17-15-5-1-3-13(15)14-4-2-6-16(14)18(17)20(22)24/h7-10,15-18H,1-6H2. The first-order valence-electron chi connectivity index (χ1n) is 9.02. The van der Waals surface area contributed by atoms with Gasteiger partial charge in [-0.3, -0.25) is 14.5 Å². The third-order valence-corrected chi connectivity index (χ3v) is 7.11. The van der Waals surface area contributed by atoms with E-state index in [0.29, 0.717) is 11.8 Å². The molecule has 1 aromatic carbocycles. The van der Waals surface area contributed by atoms with Crippen LogP contribution in [0.1, 0.15) is 38.5 Å². The summed E-state index contributed by atoms with van der Waals surface area (Å²) in [5, 5.41) is 0. The first-order valence-corrected chi connectivity index (χ1v) is 9.81. The summed E-state index contributed by atoms with van der Waals surface area (Å²) in [6.07, 6.45) is 6.83. The molecule has 0 spiro atoms. The first kappa shape index (κ1) is 14.9. The summed E-state index contributed by atoms with van der Waals surface area (Å²) in [7, 11) is 0. The number of halogens is 1. The summed E-state index contributed by atoms with van der Waals surface area (Å²) in [6.45, 7) is 0. The van der Waals surface area contributed by atoms with Crippen LogP contribution in [-0.4, -0.2) is 11.8 Å². The van der Waals surface area contributed by atoms with Gasteiger partial charge in [0.15, 0.2) is 0 Å². The van der Waals surface area contributed by atoms with Gasteiger partial charge in [-0.05, 0) is 74.6 Å². The van der Waals surface area contributed by atoms with Crippen LogP contribution in [0, 0.1) is 23.7 Å². The number of imide groups is 1. The summed E-state index contributed by atoms with van der Waals surface area (Å²) < 4.78 is 0.959. The van der Waals surface area contributed by atoms with E-state index < -0.39 is 0 Å².